The van der Waals surface area contributed by atoms with Crippen molar-refractivity contribution in [2.45, 2.75) is 69.6 Å². The molecule has 0 heterocycles. The van der Waals surface area contributed by atoms with Crippen molar-refractivity contribution in [1.29, 1.82) is 0 Å². The minimum Gasteiger partial charge on any atom is -0.480 e. The van der Waals surface area contributed by atoms with Gasteiger partial charge in [-0.25, -0.2) is 4.79 Å². The number of nitrogens with two attached hydrogens (primary N) is 4. The van der Waals surface area contributed by atoms with E-state index < -0.39 is 47.9 Å². The van der Waals surface area contributed by atoms with Crippen molar-refractivity contribution in [3.63, 3.8) is 0 Å². The van der Waals surface area contributed by atoms with E-state index in [1.54, 1.807) is 0 Å². The Balaban J connectivity index is 5.14. The number of nitrogens with one attached hydrogen (secondary N) is 3. The van der Waals surface area contributed by atoms with Crippen molar-refractivity contribution < 1.29 is 24.3 Å². The molecule has 0 aliphatic carbocycles. The van der Waals surface area contributed by atoms with E-state index in [1.807, 2.05) is 6.26 Å². The van der Waals surface area contributed by atoms with Gasteiger partial charge in [0.15, 0.2) is 5.96 Å². The second-order valence-corrected chi connectivity index (χ2v) is 8.80. The maximum atomic E-state index is 12.8. The van der Waals surface area contributed by atoms with E-state index in [1.165, 1.54) is 18.7 Å². The number of aliphatic imine (C=N–C) groups is 1. The summed E-state index contributed by atoms with van der Waals surface area (Å²) in [6.45, 7) is 2.19. The molecule has 0 fully saturated rings. The zero-order chi connectivity index (χ0) is 26.1. The highest BCUT2D eigenvalue weighted by molar-refractivity contribution is 7.98. The van der Waals surface area contributed by atoms with Crippen LogP contribution in [-0.4, -0.2) is 84.0 Å². The Labute approximate surface area is 204 Å². The van der Waals surface area contributed by atoms with Gasteiger partial charge in [-0.05, 0) is 57.6 Å². The quantitative estimate of drug-likeness (QED) is 0.0569. The molecular weight excluding hydrogens is 464 g/mol. The molecule has 0 rings (SSSR count). The predicted octanol–water partition coefficient (Wildman–Crippen LogP) is -2.19. The fraction of sp³-hybridized carbons (Fsp3) is 0.750. The van der Waals surface area contributed by atoms with Crippen LogP contribution in [0.15, 0.2) is 4.99 Å². The number of thioether (sulfide) groups is 1. The summed E-state index contributed by atoms with van der Waals surface area (Å²) in [4.78, 5) is 53.0. The summed E-state index contributed by atoms with van der Waals surface area (Å²) < 4.78 is 0. The van der Waals surface area contributed by atoms with Crippen LogP contribution in [0.4, 0.5) is 0 Å². The number of carboxylic acid groups (broad SMARTS) is 1. The molecule has 0 spiro atoms. The molecule has 14 heteroatoms. The van der Waals surface area contributed by atoms with Crippen molar-refractivity contribution in [2.75, 3.05) is 25.1 Å². The first kappa shape index (κ1) is 31.4. The summed E-state index contributed by atoms with van der Waals surface area (Å²) in [6, 6.07) is -3.89. The van der Waals surface area contributed by atoms with Gasteiger partial charge in [-0.3, -0.25) is 19.4 Å². The summed E-state index contributed by atoms with van der Waals surface area (Å²) in [7, 11) is 0. The van der Waals surface area contributed by atoms with Gasteiger partial charge in [-0.15, -0.1) is 0 Å². The molecule has 196 valence electrons. The third kappa shape index (κ3) is 13.9. The van der Waals surface area contributed by atoms with E-state index in [9.17, 15) is 24.3 Å². The average Bonchev–Trinajstić information content (AvgIpc) is 2.77. The molecular formula is C20H40N8O5S. The molecule has 3 amide bonds. The van der Waals surface area contributed by atoms with Gasteiger partial charge in [0, 0.05) is 6.54 Å². The Morgan fingerprint density at radius 1 is 0.912 bits per heavy atom. The number of carbonyl (C=O) groups excluding carboxylic acids is 3. The van der Waals surface area contributed by atoms with Gasteiger partial charge in [0.2, 0.25) is 17.7 Å². The minimum absolute atomic E-state index is 0.104. The van der Waals surface area contributed by atoms with Crippen LogP contribution >= 0.6 is 11.8 Å². The van der Waals surface area contributed by atoms with Gasteiger partial charge >= 0.3 is 5.97 Å². The Morgan fingerprint density at radius 3 is 2.12 bits per heavy atom. The Bertz CT molecular complexity index is 690. The Morgan fingerprint density at radius 2 is 1.56 bits per heavy atom. The lowest BCUT2D eigenvalue weighted by Gasteiger charge is -2.23. The summed E-state index contributed by atoms with van der Waals surface area (Å²) in [5, 5.41) is 16.9. The first-order valence-corrected chi connectivity index (χ1v) is 12.6. The topological polar surface area (TPSA) is 241 Å². The summed E-state index contributed by atoms with van der Waals surface area (Å²) in [6.07, 6.45) is 4.42. The molecule has 13 nitrogen and oxygen atoms in total. The molecule has 0 aromatic carbocycles. The van der Waals surface area contributed by atoms with Crippen LogP contribution in [0.2, 0.25) is 0 Å². The fourth-order valence-corrected chi connectivity index (χ4v) is 3.33. The maximum absolute atomic E-state index is 12.8. The van der Waals surface area contributed by atoms with Gasteiger partial charge in [0.25, 0.3) is 0 Å². The largest absolute Gasteiger partial charge is 0.480 e. The Hall–Kier alpha value is -2.58. The van der Waals surface area contributed by atoms with Gasteiger partial charge in [0.1, 0.15) is 18.1 Å². The van der Waals surface area contributed by atoms with E-state index in [0.717, 1.165) is 6.42 Å². The van der Waals surface area contributed by atoms with Crippen LogP contribution in [0.3, 0.4) is 0 Å². The van der Waals surface area contributed by atoms with Crippen molar-refractivity contribution >= 4 is 41.4 Å². The van der Waals surface area contributed by atoms with Crippen molar-refractivity contribution in [3.8, 4) is 0 Å². The van der Waals surface area contributed by atoms with Crippen molar-refractivity contribution in [3.05, 3.63) is 0 Å². The van der Waals surface area contributed by atoms with Crippen molar-refractivity contribution in [1.82, 2.24) is 16.0 Å². The standard InChI is InChI=1S/C20H40N8O5S/c1-12(26-17(30)13(22)6-3-4-9-21)16(29)27-14(7-5-10-25-20(23)24)18(31)28-15(19(32)33)8-11-34-2/h12-15H,3-11,21-22H2,1-2H3,(H,26,30)(H,27,29)(H,28,31)(H,32,33)(H4,23,24,25). The number of carboxylic acids is 1. The van der Waals surface area contributed by atoms with Gasteiger partial charge in [-0.1, -0.05) is 6.42 Å². The molecule has 0 saturated heterocycles. The maximum Gasteiger partial charge on any atom is 0.326 e. The van der Waals surface area contributed by atoms with Gasteiger partial charge in [0.05, 0.1) is 6.04 Å². The second kappa shape index (κ2) is 17.8. The highest BCUT2D eigenvalue weighted by Crippen LogP contribution is 2.05. The zero-order valence-electron chi connectivity index (χ0n) is 19.9. The molecule has 4 atom stereocenters. The molecule has 34 heavy (non-hydrogen) atoms. The van der Waals surface area contributed by atoms with E-state index in [-0.39, 0.29) is 25.3 Å². The normalized spacial score (nSPS) is 14.2. The number of unbranched alkanes of at least 4 members (excludes halogenated alkanes) is 1. The first-order valence-electron chi connectivity index (χ1n) is 11.2. The van der Waals surface area contributed by atoms with Crippen LogP contribution < -0.4 is 38.9 Å². The monoisotopic (exact) mass is 504 g/mol. The van der Waals surface area contributed by atoms with Gasteiger partial charge < -0.3 is 44.0 Å². The summed E-state index contributed by atoms with van der Waals surface area (Å²) in [5.74, 6) is -2.49. The smallest absolute Gasteiger partial charge is 0.326 e. The van der Waals surface area contributed by atoms with Crippen LogP contribution in [-0.2, 0) is 19.2 Å². The van der Waals surface area contributed by atoms with Crippen LogP contribution in [0, 0.1) is 0 Å². The molecule has 0 aromatic heterocycles. The SMILES string of the molecule is CSCCC(NC(=O)C(CCCN=C(N)N)NC(=O)C(C)NC(=O)C(N)CCCCN)C(=O)O. The van der Waals surface area contributed by atoms with E-state index in [2.05, 4.69) is 20.9 Å². The predicted molar refractivity (Wildman–Crippen MR) is 133 cm³/mol. The van der Waals surface area contributed by atoms with Crippen LogP contribution in [0.5, 0.6) is 0 Å². The molecule has 0 aliphatic heterocycles. The lowest BCUT2D eigenvalue weighted by molar-refractivity contribution is -0.142. The number of carbonyl (C=O) groups is 4. The molecule has 12 N–H and O–H groups in total. The lowest BCUT2D eigenvalue weighted by atomic mass is 10.1. The lowest BCUT2D eigenvalue weighted by Crippen LogP contribution is -2.56. The highest BCUT2D eigenvalue weighted by Gasteiger charge is 2.28. The van der Waals surface area contributed by atoms with E-state index in [0.29, 0.717) is 31.6 Å². The third-order valence-electron chi connectivity index (χ3n) is 4.86. The molecule has 0 bridgehead atoms. The van der Waals surface area contributed by atoms with E-state index >= 15 is 0 Å². The first-order chi connectivity index (χ1) is 16.0. The number of amides is 3. The highest BCUT2D eigenvalue weighted by atomic mass is 32.2. The summed E-state index contributed by atoms with van der Waals surface area (Å²) >= 11 is 1.45. The molecule has 0 saturated carbocycles. The molecule has 0 aromatic rings. The summed E-state index contributed by atoms with van der Waals surface area (Å²) in [5.41, 5.74) is 21.9. The van der Waals surface area contributed by atoms with E-state index in [4.69, 9.17) is 22.9 Å². The van der Waals surface area contributed by atoms with Crippen molar-refractivity contribution in [2.24, 2.45) is 27.9 Å². The number of hydrogen-bond donors (Lipinski definition) is 8. The number of guanidine groups is 1. The number of rotatable bonds is 18. The number of aliphatic carboxylic acids is 1. The molecule has 4 unspecified atom stereocenters. The average molecular weight is 505 g/mol. The number of nitrogens with zero attached hydrogens (tertiary/aromatic N) is 1. The van der Waals surface area contributed by atoms with Crippen LogP contribution in [0.25, 0.3) is 0 Å². The van der Waals surface area contributed by atoms with Gasteiger partial charge in [-0.2, -0.15) is 11.8 Å². The second-order valence-electron chi connectivity index (χ2n) is 7.81. The fourth-order valence-electron chi connectivity index (χ4n) is 2.86. The third-order valence-corrected chi connectivity index (χ3v) is 5.51. The van der Waals surface area contributed by atoms with Crippen LogP contribution in [0.1, 0.15) is 45.4 Å². The Kier molecular flexibility index (Phi) is 16.5. The minimum atomic E-state index is -1.17. The number of hydrogen-bond acceptors (Lipinski definition) is 8. The molecule has 0 radical (unpaired) electrons. The molecule has 0 aliphatic rings. The zero-order valence-corrected chi connectivity index (χ0v) is 20.7.